The third kappa shape index (κ3) is 2.96. The van der Waals surface area contributed by atoms with Crippen LogP contribution in [-0.2, 0) is 16.6 Å². The van der Waals surface area contributed by atoms with Gasteiger partial charge in [0.15, 0.2) is 0 Å². The van der Waals surface area contributed by atoms with E-state index < -0.39 is 27.5 Å². The van der Waals surface area contributed by atoms with E-state index in [0.29, 0.717) is 0 Å². The quantitative estimate of drug-likeness (QED) is 0.888. The number of sulfonamides is 1. The van der Waals surface area contributed by atoms with Gasteiger partial charge in [0.25, 0.3) is 10.0 Å². The van der Waals surface area contributed by atoms with Crippen LogP contribution in [0.1, 0.15) is 5.76 Å². The molecule has 0 spiro atoms. The van der Waals surface area contributed by atoms with Crippen molar-refractivity contribution >= 4 is 31.6 Å². The molecular weight excluding hydrogens is 341 g/mol. The van der Waals surface area contributed by atoms with Crippen molar-refractivity contribution in [2.45, 2.75) is 11.7 Å². The molecule has 0 aliphatic rings. The Morgan fingerprint density at radius 1 is 1.32 bits per heavy atom. The van der Waals surface area contributed by atoms with Crippen molar-refractivity contribution in [3.05, 3.63) is 46.4 Å². The molecule has 2 aromatic rings. The molecule has 0 aliphatic carbocycles. The maximum absolute atomic E-state index is 13.5. The second-order valence-electron chi connectivity index (χ2n) is 3.58. The number of rotatable bonds is 4. The average Bonchev–Trinajstić information content (AvgIpc) is 2.83. The van der Waals surface area contributed by atoms with Gasteiger partial charge in [0.1, 0.15) is 18.2 Å². The summed E-state index contributed by atoms with van der Waals surface area (Å²) in [5, 5.41) is 8.42. The summed E-state index contributed by atoms with van der Waals surface area (Å²) in [6.07, 6.45) is 0. The molecule has 1 aromatic carbocycles. The van der Waals surface area contributed by atoms with E-state index in [-0.39, 0.29) is 15.9 Å². The van der Waals surface area contributed by atoms with E-state index >= 15 is 0 Å². The van der Waals surface area contributed by atoms with Crippen LogP contribution in [-0.4, -0.2) is 13.5 Å². The highest BCUT2D eigenvalue weighted by molar-refractivity contribution is 9.10. The van der Waals surface area contributed by atoms with Crippen LogP contribution in [0.3, 0.4) is 0 Å². The van der Waals surface area contributed by atoms with Crippen LogP contribution in [0.5, 0.6) is 0 Å². The van der Waals surface area contributed by atoms with Gasteiger partial charge in [0.05, 0.1) is 5.69 Å². The highest BCUT2D eigenvalue weighted by atomic mass is 79.9. The first-order valence-electron chi connectivity index (χ1n) is 5.10. The first-order chi connectivity index (χ1) is 8.94. The van der Waals surface area contributed by atoms with Gasteiger partial charge in [-0.05, 0) is 40.2 Å². The molecule has 1 heterocycles. The number of hydrogen-bond donors (Lipinski definition) is 2. The minimum absolute atomic E-state index is 0.105. The molecule has 102 valence electrons. The van der Waals surface area contributed by atoms with Crippen molar-refractivity contribution in [2.24, 2.45) is 0 Å². The fraction of sp³-hybridized carbons (Fsp3) is 0.0909. The lowest BCUT2D eigenvalue weighted by atomic mass is 10.3. The predicted molar refractivity (Wildman–Crippen MR) is 69.5 cm³/mol. The number of para-hydroxylation sites is 1. The van der Waals surface area contributed by atoms with Gasteiger partial charge in [-0.3, -0.25) is 4.72 Å². The molecular formula is C11H9BrFNO4S. The summed E-state index contributed by atoms with van der Waals surface area (Å²) >= 11 is 3.05. The Labute approximate surface area is 117 Å². The molecule has 0 unspecified atom stereocenters. The summed E-state index contributed by atoms with van der Waals surface area (Å²) < 4.78 is 44.7. The van der Waals surface area contributed by atoms with Crippen molar-refractivity contribution in [3.8, 4) is 0 Å². The van der Waals surface area contributed by atoms with Gasteiger partial charge >= 0.3 is 0 Å². The van der Waals surface area contributed by atoms with Gasteiger partial charge in [0, 0.05) is 4.47 Å². The number of aliphatic hydroxyl groups is 1. The fourth-order valence-corrected chi connectivity index (χ4v) is 2.98. The van der Waals surface area contributed by atoms with Gasteiger partial charge in [-0.2, -0.15) is 8.42 Å². The first-order valence-corrected chi connectivity index (χ1v) is 7.38. The number of anilines is 1. The molecule has 8 heteroatoms. The minimum Gasteiger partial charge on any atom is -0.445 e. The summed E-state index contributed by atoms with van der Waals surface area (Å²) in [5.74, 6) is -0.611. The Kier molecular flexibility index (Phi) is 3.93. The van der Waals surface area contributed by atoms with Gasteiger partial charge < -0.3 is 9.52 Å². The molecule has 0 amide bonds. The summed E-state index contributed by atoms with van der Waals surface area (Å²) in [4.78, 5) is 0. The van der Waals surface area contributed by atoms with Gasteiger partial charge in [0.2, 0.25) is 5.09 Å². The third-order valence-corrected chi connectivity index (χ3v) is 4.14. The maximum Gasteiger partial charge on any atom is 0.295 e. The monoisotopic (exact) mass is 349 g/mol. The average molecular weight is 350 g/mol. The first kappa shape index (κ1) is 14.0. The third-order valence-electron chi connectivity index (χ3n) is 2.26. The molecule has 0 fully saturated rings. The predicted octanol–water partition coefficient (Wildman–Crippen LogP) is 2.47. The van der Waals surface area contributed by atoms with Crippen LogP contribution in [0, 0.1) is 5.82 Å². The Morgan fingerprint density at radius 2 is 2.05 bits per heavy atom. The Balaban J connectivity index is 2.36. The second kappa shape index (κ2) is 5.32. The Morgan fingerprint density at radius 3 is 2.63 bits per heavy atom. The van der Waals surface area contributed by atoms with Crippen LogP contribution >= 0.6 is 15.9 Å². The SMILES string of the molecule is O=S(=O)(Nc1c(F)cccc1Br)c1ccc(CO)o1. The van der Waals surface area contributed by atoms with Crippen LogP contribution in [0.25, 0.3) is 0 Å². The Hall–Kier alpha value is -1.38. The lowest BCUT2D eigenvalue weighted by molar-refractivity contribution is 0.236. The fourth-order valence-electron chi connectivity index (χ4n) is 1.37. The molecule has 1 aromatic heterocycles. The number of furan rings is 1. The van der Waals surface area contributed by atoms with Gasteiger partial charge in [-0.15, -0.1) is 0 Å². The lowest BCUT2D eigenvalue weighted by Crippen LogP contribution is -2.13. The lowest BCUT2D eigenvalue weighted by Gasteiger charge is -2.08. The summed E-state index contributed by atoms with van der Waals surface area (Å²) in [6, 6.07) is 6.58. The van der Waals surface area contributed by atoms with E-state index in [1.807, 2.05) is 0 Å². The van der Waals surface area contributed by atoms with Crippen molar-refractivity contribution in [1.82, 2.24) is 0 Å². The van der Waals surface area contributed by atoms with Crippen LogP contribution in [0.2, 0.25) is 0 Å². The maximum atomic E-state index is 13.5. The topological polar surface area (TPSA) is 79.5 Å². The largest absolute Gasteiger partial charge is 0.445 e. The van der Waals surface area contributed by atoms with E-state index in [1.165, 1.54) is 24.3 Å². The normalized spacial score (nSPS) is 11.5. The van der Waals surface area contributed by atoms with Crippen LogP contribution in [0.15, 0.2) is 44.3 Å². The zero-order valence-corrected chi connectivity index (χ0v) is 11.8. The summed E-state index contributed by atoms with van der Waals surface area (Å²) in [6.45, 7) is -0.418. The van der Waals surface area contributed by atoms with Crippen molar-refractivity contribution in [2.75, 3.05) is 4.72 Å². The molecule has 2 N–H and O–H groups in total. The van der Waals surface area contributed by atoms with E-state index in [4.69, 9.17) is 9.52 Å². The highest BCUT2D eigenvalue weighted by Crippen LogP contribution is 2.28. The molecule has 0 saturated carbocycles. The molecule has 5 nitrogen and oxygen atoms in total. The van der Waals surface area contributed by atoms with E-state index in [0.717, 1.165) is 6.07 Å². The summed E-state index contributed by atoms with van der Waals surface area (Å²) in [7, 11) is -4.05. The number of hydrogen-bond acceptors (Lipinski definition) is 4. The second-order valence-corrected chi connectivity index (χ2v) is 6.05. The molecule has 0 atom stereocenters. The number of nitrogens with one attached hydrogen (secondary N) is 1. The molecule has 2 rings (SSSR count). The van der Waals surface area contributed by atoms with Crippen molar-refractivity contribution in [1.29, 1.82) is 0 Å². The molecule has 19 heavy (non-hydrogen) atoms. The summed E-state index contributed by atoms with van der Waals surface area (Å²) in [5.41, 5.74) is -0.204. The molecule has 0 bridgehead atoms. The van der Waals surface area contributed by atoms with Gasteiger partial charge in [-0.25, -0.2) is 4.39 Å². The molecule has 0 saturated heterocycles. The Bertz CT molecular complexity index is 678. The number of benzene rings is 1. The van der Waals surface area contributed by atoms with E-state index in [1.54, 1.807) is 0 Å². The smallest absolute Gasteiger partial charge is 0.295 e. The number of halogens is 2. The van der Waals surface area contributed by atoms with E-state index in [2.05, 4.69) is 20.7 Å². The molecule has 0 aliphatic heterocycles. The zero-order valence-electron chi connectivity index (χ0n) is 9.43. The van der Waals surface area contributed by atoms with E-state index in [9.17, 15) is 12.8 Å². The van der Waals surface area contributed by atoms with Crippen molar-refractivity contribution < 1.29 is 22.3 Å². The highest BCUT2D eigenvalue weighted by Gasteiger charge is 2.21. The van der Waals surface area contributed by atoms with Crippen LogP contribution in [0.4, 0.5) is 10.1 Å². The van der Waals surface area contributed by atoms with Gasteiger partial charge in [-0.1, -0.05) is 6.07 Å². The van der Waals surface area contributed by atoms with Crippen molar-refractivity contribution in [3.63, 3.8) is 0 Å². The standard InChI is InChI=1S/C11H9BrFNO4S/c12-8-2-1-3-9(13)11(8)14-19(16,17)10-5-4-7(6-15)18-10/h1-5,14-15H,6H2. The molecule has 0 radical (unpaired) electrons. The van der Waals surface area contributed by atoms with Crippen LogP contribution < -0.4 is 4.72 Å². The number of aliphatic hydroxyl groups excluding tert-OH is 1. The minimum atomic E-state index is -4.05. The zero-order chi connectivity index (χ0) is 14.0.